The van der Waals surface area contributed by atoms with Crippen LogP contribution in [0.15, 0.2) is 59.0 Å². The molecule has 2 aliphatic heterocycles. The highest BCUT2D eigenvalue weighted by atomic mass is 35.5. The zero-order valence-corrected chi connectivity index (χ0v) is 20.0. The van der Waals surface area contributed by atoms with Gasteiger partial charge in [-0.05, 0) is 69.4 Å². The molecule has 3 aromatic rings. The average Bonchev–Trinajstić information content (AvgIpc) is 3.38. The van der Waals surface area contributed by atoms with Gasteiger partial charge in [-0.15, -0.1) is 0 Å². The molecule has 0 saturated carbocycles. The van der Waals surface area contributed by atoms with E-state index in [0.717, 1.165) is 55.0 Å². The van der Waals surface area contributed by atoms with Gasteiger partial charge in [0.25, 0.3) is 11.8 Å². The molecule has 0 atom stereocenters. The average molecular weight is 476 g/mol. The maximum Gasteiger partial charge on any atom is 0.256 e. The zero-order valence-electron chi connectivity index (χ0n) is 19.2. The number of anilines is 1. The summed E-state index contributed by atoms with van der Waals surface area (Å²) in [6.07, 6.45) is 0.972. The molecule has 2 aromatic carbocycles. The van der Waals surface area contributed by atoms with Crippen LogP contribution < -0.4 is 5.32 Å². The first-order chi connectivity index (χ1) is 16.4. The van der Waals surface area contributed by atoms with E-state index in [9.17, 15) is 9.59 Å². The number of hydrogen-bond acceptors (Lipinski definition) is 4. The molecule has 5 rings (SSSR count). The molecule has 7 heteroatoms. The molecular weight excluding hydrogens is 450 g/mol. The monoisotopic (exact) mass is 475 g/mol. The van der Waals surface area contributed by atoms with Crippen LogP contribution in [0.25, 0.3) is 22.5 Å². The van der Waals surface area contributed by atoms with Crippen molar-refractivity contribution in [1.82, 2.24) is 9.80 Å². The summed E-state index contributed by atoms with van der Waals surface area (Å²) in [7, 11) is 2.09. The Morgan fingerprint density at radius 2 is 1.88 bits per heavy atom. The molecule has 0 radical (unpaired) electrons. The fourth-order valence-electron chi connectivity index (χ4n) is 4.57. The van der Waals surface area contributed by atoms with Crippen molar-refractivity contribution in [3.63, 3.8) is 0 Å². The van der Waals surface area contributed by atoms with E-state index in [2.05, 4.69) is 17.3 Å². The smallest absolute Gasteiger partial charge is 0.256 e. The van der Waals surface area contributed by atoms with Gasteiger partial charge in [0.15, 0.2) is 0 Å². The third-order valence-corrected chi connectivity index (χ3v) is 6.71. The number of furan rings is 1. The van der Waals surface area contributed by atoms with Crippen LogP contribution in [0.2, 0.25) is 5.02 Å². The lowest BCUT2D eigenvalue weighted by Crippen LogP contribution is -2.34. The van der Waals surface area contributed by atoms with E-state index in [4.69, 9.17) is 16.0 Å². The van der Waals surface area contributed by atoms with Crippen LogP contribution >= 0.6 is 11.6 Å². The van der Waals surface area contributed by atoms with Gasteiger partial charge in [0.1, 0.15) is 11.5 Å². The second-order valence-corrected chi connectivity index (χ2v) is 9.27. The van der Waals surface area contributed by atoms with Gasteiger partial charge in [-0.2, -0.15) is 0 Å². The normalized spacial score (nSPS) is 17.9. The van der Waals surface area contributed by atoms with Crippen LogP contribution in [-0.2, 0) is 4.79 Å². The highest BCUT2D eigenvalue weighted by Gasteiger charge is 2.28. The molecule has 34 heavy (non-hydrogen) atoms. The number of allylic oxidation sites excluding steroid dienone is 1. The lowest BCUT2D eigenvalue weighted by atomic mass is 10.0. The summed E-state index contributed by atoms with van der Waals surface area (Å²) in [6, 6.07) is 16.6. The number of hydrogen-bond donors (Lipinski definition) is 1. The second kappa shape index (κ2) is 9.12. The molecule has 0 unspecified atom stereocenters. The van der Waals surface area contributed by atoms with Crippen molar-refractivity contribution in [1.29, 1.82) is 0 Å². The summed E-state index contributed by atoms with van der Waals surface area (Å²) in [5.41, 5.74) is 4.25. The Hall–Kier alpha value is -3.35. The van der Waals surface area contributed by atoms with Crippen LogP contribution in [0.4, 0.5) is 5.69 Å². The fraction of sp³-hybridized carbons (Fsp3) is 0.259. The Morgan fingerprint density at radius 3 is 2.74 bits per heavy atom. The van der Waals surface area contributed by atoms with Crippen molar-refractivity contribution < 1.29 is 14.0 Å². The maximum absolute atomic E-state index is 13.1. The van der Waals surface area contributed by atoms with Gasteiger partial charge in [0.05, 0.1) is 5.57 Å². The van der Waals surface area contributed by atoms with E-state index < -0.39 is 0 Å². The van der Waals surface area contributed by atoms with Gasteiger partial charge in [-0.3, -0.25) is 9.59 Å². The summed E-state index contributed by atoms with van der Waals surface area (Å²) in [4.78, 5) is 29.9. The van der Waals surface area contributed by atoms with Gasteiger partial charge in [-0.25, -0.2) is 0 Å². The van der Waals surface area contributed by atoms with Crippen LogP contribution in [0.5, 0.6) is 0 Å². The molecule has 1 aromatic heterocycles. The Kier molecular flexibility index (Phi) is 6.02. The predicted octanol–water partition coefficient (Wildman–Crippen LogP) is 5.26. The van der Waals surface area contributed by atoms with E-state index in [0.29, 0.717) is 27.7 Å². The molecule has 1 N–H and O–H groups in total. The number of carbonyl (C=O) groups is 2. The molecule has 0 bridgehead atoms. The van der Waals surface area contributed by atoms with Crippen LogP contribution in [0.1, 0.15) is 35.0 Å². The van der Waals surface area contributed by atoms with Gasteiger partial charge in [0, 0.05) is 52.6 Å². The third-order valence-electron chi connectivity index (χ3n) is 6.48. The first-order valence-corrected chi connectivity index (χ1v) is 11.8. The zero-order chi connectivity index (χ0) is 23.8. The van der Waals surface area contributed by atoms with Gasteiger partial charge in [0.2, 0.25) is 0 Å². The number of halogens is 1. The largest absolute Gasteiger partial charge is 0.456 e. The SMILES string of the molecule is C/C(=C1\C(=O)Nc2ccc(Cl)cc21)c1ccc(-c2cccc(C(=O)N3CCCN(C)CC3)c2)o1. The predicted molar refractivity (Wildman–Crippen MR) is 135 cm³/mol. The molecule has 3 heterocycles. The minimum Gasteiger partial charge on any atom is -0.456 e. The highest BCUT2D eigenvalue weighted by molar-refractivity contribution is 6.38. The van der Waals surface area contributed by atoms with Gasteiger partial charge in [-0.1, -0.05) is 23.7 Å². The quantitative estimate of drug-likeness (QED) is 0.525. The van der Waals surface area contributed by atoms with E-state index in [1.165, 1.54) is 0 Å². The number of benzene rings is 2. The van der Waals surface area contributed by atoms with Crippen LogP contribution in [0, 0.1) is 0 Å². The minimum atomic E-state index is -0.177. The van der Waals surface area contributed by atoms with Crippen molar-refractivity contribution in [2.75, 3.05) is 38.5 Å². The van der Waals surface area contributed by atoms with Gasteiger partial charge < -0.3 is 19.5 Å². The molecule has 2 aliphatic rings. The van der Waals surface area contributed by atoms with Crippen molar-refractivity contribution >= 4 is 40.2 Å². The third kappa shape index (κ3) is 4.27. The number of likely N-dealkylation sites (N-methyl/N-ethyl adjacent to an activating group) is 1. The van der Waals surface area contributed by atoms with Crippen LogP contribution in [-0.4, -0.2) is 54.8 Å². The number of carbonyl (C=O) groups excluding carboxylic acids is 2. The molecule has 1 fully saturated rings. The lowest BCUT2D eigenvalue weighted by Gasteiger charge is -2.20. The topological polar surface area (TPSA) is 65.8 Å². The molecule has 2 amide bonds. The molecular formula is C27H26ClN3O3. The number of rotatable bonds is 3. The number of nitrogens with zero attached hydrogens (tertiary/aromatic N) is 2. The first-order valence-electron chi connectivity index (χ1n) is 11.4. The van der Waals surface area contributed by atoms with E-state index in [-0.39, 0.29) is 11.8 Å². The van der Waals surface area contributed by atoms with Crippen molar-refractivity contribution in [3.05, 3.63) is 76.5 Å². The summed E-state index contributed by atoms with van der Waals surface area (Å²) in [6.45, 7) is 5.23. The Balaban J connectivity index is 1.43. The highest BCUT2D eigenvalue weighted by Crippen LogP contribution is 2.39. The summed E-state index contributed by atoms with van der Waals surface area (Å²) in [5.74, 6) is 1.10. The standard InChI is InChI=1S/C27H26ClN3O3/c1-17(25-21-16-20(28)7-8-22(21)29-26(25)32)23-9-10-24(34-23)18-5-3-6-19(15-18)27(33)31-12-4-11-30(2)13-14-31/h3,5-10,15-16H,4,11-14H2,1-2H3,(H,29,32)/b25-17+. The van der Waals surface area contributed by atoms with E-state index in [1.54, 1.807) is 18.2 Å². The van der Waals surface area contributed by atoms with Crippen molar-refractivity contribution in [2.24, 2.45) is 0 Å². The fourth-order valence-corrected chi connectivity index (χ4v) is 4.74. The van der Waals surface area contributed by atoms with Crippen molar-refractivity contribution in [2.45, 2.75) is 13.3 Å². The summed E-state index contributed by atoms with van der Waals surface area (Å²) >= 11 is 6.17. The number of nitrogens with one attached hydrogen (secondary N) is 1. The Morgan fingerprint density at radius 1 is 1.03 bits per heavy atom. The van der Waals surface area contributed by atoms with Gasteiger partial charge >= 0.3 is 0 Å². The number of fused-ring (bicyclic) bond motifs is 1. The molecule has 0 aliphatic carbocycles. The molecule has 6 nitrogen and oxygen atoms in total. The lowest BCUT2D eigenvalue weighted by molar-refractivity contribution is -0.110. The first kappa shape index (κ1) is 22.4. The van der Waals surface area contributed by atoms with Crippen molar-refractivity contribution in [3.8, 4) is 11.3 Å². The molecule has 1 saturated heterocycles. The minimum absolute atomic E-state index is 0.0401. The second-order valence-electron chi connectivity index (χ2n) is 8.84. The van der Waals surface area contributed by atoms with Crippen LogP contribution in [0.3, 0.4) is 0 Å². The maximum atomic E-state index is 13.1. The molecule has 174 valence electrons. The van der Waals surface area contributed by atoms with E-state index >= 15 is 0 Å². The molecule has 0 spiro atoms. The Bertz CT molecular complexity index is 1310. The Labute approximate surface area is 203 Å². The van der Waals surface area contributed by atoms with E-state index in [1.807, 2.05) is 48.2 Å². The summed E-state index contributed by atoms with van der Waals surface area (Å²) < 4.78 is 6.15. The summed E-state index contributed by atoms with van der Waals surface area (Å²) in [5, 5.41) is 3.45. The number of amides is 2.